The number of hydrogen-bond acceptors (Lipinski definition) is 2. The summed E-state index contributed by atoms with van der Waals surface area (Å²) in [5, 5.41) is 7.56. The van der Waals surface area contributed by atoms with E-state index in [-0.39, 0.29) is 0 Å². The summed E-state index contributed by atoms with van der Waals surface area (Å²) in [7, 11) is 0. The van der Waals surface area contributed by atoms with Crippen LogP contribution in [0.15, 0.2) is 0 Å². The van der Waals surface area contributed by atoms with Gasteiger partial charge < -0.3 is 9.84 Å². The molecule has 0 saturated carbocycles. The van der Waals surface area contributed by atoms with Crippen LogP contribution in [0.5, 0.6) is 0 Å². The minimum atomic E-state index is -1.43. The lowest BCUT2D eigenvalue weighted by molar-refractivity contribution is -0.139. The second kappa shape index (κ2) is 4.09. The highest BCUT2D eigenvalue weighted by Crippen LogP contribution is 2.16. The summed E-state index contributed by atoms with van der Waals surface area (Å²) in [6.07, 6.45) is 1.28. The fourth-order valence-corrected chi connectivity index (χ4v) is 0.438. The van der Waals surface area contributed by atoms with Crippen LogP contribution in [0.25, 0.3) is 0 Å². The third-order valence-electron chi connectivity index (χ3n) is 0.963. The van der Waals surface area contributed by atoms with Crippen LogP contribution in [0.4, 0.5) is 0 Å². The van der Waals surface area contributed by atoms with Gasteiger partial charge in [0.15, 0.2) is 0 Å². The molecule has 0 fully saturated rings. The molecule has 1 N–H and O–H groups in total. The van der Waals surface area contributed by atoms with Gasteiger partial charge in [0.25, 0.3) is 0 Å². The van der Waals surface area contributed by atoms with Crippen molar-refractivity contribution in [1.82, 2.24) is 0 Å². The first-order valence-corrected chi connectivity index (χ1v) is 3.55. The van der Waals surface area contributed by atoms with Crippen LogP contribution in [0.1, 0.15) is 26.7 Å². The Bertz CT molecular complexity index is 73.5. The van der Waals surface area contributed by atoms with Crippen LogP contribution in [0, 0.1) is 0 Å². The lowest BCUT2D eigenvalue weighted by Crippen LogP contribution is -2.23. The van der Waals surface area contributed by atoms with Crippen molar-refractivity contribution in [2.75, 3.05) is 6.61 Å². The molecular weight excluding hydrogens is 140 g/mol. The van der Waals surface area contributed by atoms with Gasteiger partial charge in [-0.25, -0.2) is 0 Å². The Balaban J connectivity index is 3.33. The zero-order valence-electron chi connectivity index (χ0n) is 5.85. The maximum absolute atomic E-state index is 9.00. The molecule has 0 spiro atoms. The number of rotatable bonds is 4. The van der Waals surface area contributed by atoms with Crippen LogP contribution >= 0.6 is 11.6 Å². The number of hydrogen-bond donors (Lipinski definition) is 1. The van der Waals surface area contributed by atoms with Crippen molar-refractivity contribution in [1.29, 1.82) is 0 Å². The first kappa shape index (κ1) is 9.21. The molecular formula is C6H13ClO2. The Morgan fingerprint density at radius 2 is 2.11 bits per heavy atom. The SMILES string of the molecule is CCCOC(O)(Cl)CC. The van der Waals surface area contributed by atoms with E-state index in [1.807, 2.05) is 6.92 Å². The smallest absolute Gasteiger partial charge is 0.245 e. The summed E-state index contributed by atoms with van der Waals surface area (Å²) in [5.41, 5.74) is 0. The van der Waals surface area contributed by atoms with Gasteiger partial charge >= 0.3 is 0 Å². The summed E-state index contributed by atoms with van der Waals surface area (Å²) in [5.74, 6) is 0. The van der Waals surface area contributed by atoms with Crippen molar-refractivity contribution < 1.29 is 9.84 Å². The zero-order valence-corrected chi connectivity index (χ0v) is 6.61. The summed E-state index contributed by atoms with van der Waals surface area (Å²) < 4.78 is 4.85. The predicted octanol–water partition coefficient (Wildman–Crippen LogP) is 1.71. The molecule has 0 aliphatic carbocycles. The van der Waals surface area contributed by atoms with Gasteiger partial charge in [0.05, 0.1) is 6.61 Å². The number of halogens is 1. The quantitative estimate of drug-likeness (QED) is 0.491. The summed E-state index contributed by atoms with van der Waals surface area (Å²) in [6.45, 7) is 4.24. The number of alkyl halides is 1. The molecule has 0 radical (unpaired) electrons. The van der Waals surface area contributed by atoms with Gasteiger partial charge in [-0.1, -0.05) is 25.4 Å². The Kier molecular flexibility index (Phi) is 4.19. The Morgan fingerprint density at radius 1 is 1.56 bits per heavy atom. The molecule has 2 nitrogen and oxygen atoms in total. The van der Waals surface area contributed by atoms with Crippen molar-refractivity contribution in [3.63, 3.8) is 0 Å². The van der Waals surface area contributed by atoms with E-state index in [0.29, 0.717) is 13.0 Å². The largest absolute Gasteiger partial charge is 0.353 e. The first-order chi connectivity index (χ1) is 4.12. The van der Waals surface area contributed by atoms with Crippen LogP contribution in [-0.2, 0) is 4.74 Å². The number of ether oxygens (including phenoxy) is 1. The van der Waals surface area contributed by atoms with Crippen LogP contribution in [-0.4, -0.2) is 17.0 Å². The van der Waals surface area contributed by atoms with Crippen molar-refractivity contribution >= 4 is 11.6 Å². The Labute approximate surface area is 60.8 Å². The third-order valence-corrected chi connectivity index (χ3v) is 1.34. The molecule has 1 unspecified atom stereocenters. The summed E-state index contributed by atoms with van der Waals surface area (Å²) >= 11 is 5.43. The highest BCUT2D eigenvalue weighted by molar-refractivity contribution is 6.21. The van der Waals surface area contributed by atoms with E-state index < -0.39 is 5.25 Å². The van der Waals surface area contributed by atoms with Gasteiger partial charge in [-0.2, -0.15) is 0 Å². The molecule has 0 aromatic carbocycles. The van der Waals surface area contributed by atoms with Crippen LogP contribution < -0.4 is 0 Å². The predicted molar refractivity (Wildman–Crippen MR) is 37.3 cm³/mol. The van der Waals surface area contributed by atoms with E-state index in [1.54, 1.807) is 6.92 Å². The van der Waals surface area contributed by atoms with E-state index in [4.69, 9.17) is 21.4 Å². The third kappa shape index (κ3) is 4.70. The van der Waals surface area contributed by atoms with E-state index in [2.05, 4.69) is 0 Å². The maximum Gasteiger partial charge on any atom is 0.245 e. The molecule has 1 atom stereocenters. The van der Waals surface area contributed by atoms with Crippen molar-refractivity contribution in [3.8, 4) is 0 Å². The molecule has 56 valence electrons. The van der Waals surface area contributed by atoms with Crippen molar-refractivity contribution in [2.24, 2.45) is 0 Å². The minimum absolute atomic E-state index is 0.411. The van der Waals surface area contributed by atoms with Crippen molar-refractivity contribution in [2.45, 2.75) is 31.9 Å². The molecule has 0 heterocycles. The molecule has 9 heavy (non-hydrogen) atoms. The second-order valence-electron chi connectivity index (χ2n) is 1.89. The fraction of sp³-hybridized carbons (Fsp3) is 1.00. The van der Waals surface area contributed by atoms with Crippen LogP contribution in [0.2, 0.25) is 0 Å². The minimum Gasteiger partial charge on any atom is -0.353 e. The molecule has 0 aromatic heterocycles. The van der Waals surface area contributed by atoms with E-state index in [1.165, 1.54) is 0 Å². The van der Waals surface area contributed by atoms with Gasteiger partial charge in [0.1, 0.15) is 0 Å². The van der Waals surface area contributed by atoms with Gasteiger partial charge in [0.2, 0.25) is 5.25 Å². The topological polar surface area (TPSA) is 29.5 Å². The molecule has 0 rings (SSSR count). The Morgan fingerprint density at radius 3 is 2.44 bits per heavy atom. The molecule has 0 aromatic rings. The maximum atomic E-state index is 9.00. The van der Waals surface area contributed by atoms with Crippen LogP contribution in [0.3, 0.4) is 0 Å². The Hall–Kier alpha value is 0.210. The zero-order chi connectivity index (χ0) is 7.33. The molecule has 0 saturated heterocycles. The van der Waals surface area contributed by atoms with Crippen molar-refractivity contribution in [3.05, 3.63) is 0 Å². The molecule has 0 aliphatic heterocycles. The molecule has 0 amide bonds. The highest BCUT2D eigenvalue weighted by Gasteiger charge is 2.19. The van der Waals surface area contributed by atoms with E-state index in [9.17, 15) is 0 Å². The fourth-order valence-electron chi connectivity index (χ4n) is 0.361. The average Bonchev–Trinajstić information content (AvgIpc) is 1.84. The lowest BCUT2D eigenvalue weighted by atomic mass is 10.4. The summed E-state index contributed by atoms with van der Waals surface area (Å²) in [6, 6.07) is 0. The van der Waals surface area contributed by atoms with Gasteiger partial charge in [-0.05, 0) is 6.42 Å². The normalized spacial score (nSPS) is 17.3. The summed E-state index contributed by atoms with van der Waals surface area (Å²) in [4.78, 5) is 0. The molecule has 0 bridgehead atoms. The first-order valence-electron chi connectivity index (χ1n) is 3.17. The second-order valence-corrected chi connectivity index (χ2v) is 2.48. The van der Waals surface area contributed by atoms with Gasteiger partial charge in [0, 0.05) is 6.42 Å². The van der Waals surface area contributed by atoms with E-state index in [0.717, 1.165) is 6.42 Å². The van der Waals surface area contributed by atoms with E-state index >= 15 is 0 Å². The standard InChI is InChI=1S/C6H13ClO2/c1-3-5-9-6(7,8)4-2/h8H,3-5H2,1-2H3. The number of aliphatic hydroxyl groups is 1. The van der Waals surface area contributed by atoms with Gasteiger partial charge in [-0.3, -0.25) is 0 Å². The molecule has 0 aliphatic rings. The lowest BCUT2D eigenvalue weighted by Gasteiger charge is -2.17. The van der Waals surface area contributed by atoms with Gasteiger partial charge in [-0.15, -0.1) is 0 Å². The molecule has 3 heteroatoms. The highest BCUT2D eigenvalue weighted by atomic mass is 35.5. The monoisotopic (exact) mass is 152 g/mol. The average molecular weight is 153 g/mol.